The smallest absolute Gasteiger partial charge is 0.255 e. The number of hydrogen-bond donors (Lipinski definition) is 1. The van der Waals surface area contributed by atoms with Crippen LogP contribution in [0.5, 0.6) is 11.5 Å². The first-order chi connectivity index (χ1) is 20.4. The maximum atomic E-state index is 13.6. The minimum atomic E-state index is -0.379. The zero-order valence-corrected chi connectivity index (χ0v) is 24.1. The van der Waals surface area contributed by atoms with Crippen LogP contribution in [0.25, 0.3) is 0 Å². The van der Waals surface area contributed by atoms with Crippen LogP contribution in [0.3, 0.4) is 0 Å². The van der Waals surface area contributed by atoms with Crippen LogP contribution in [0.2, 0.25) is 0 Å². The molecule has 1 unspecified atom stereocenters. The number of carbonyl (C=O) groups is 2. The molecule has 1 aliphatic heterocycles. The van der Waals surface area contributed by atoms with Crippen molar-refractivity contribution in [1.29, 1.82) is 0 Å². The maximum Gasteiger partial charge on any atom is 0.255 e. The quantitative estimate of drug-likeness (QED) is 0.274. The summed E-state index contributed by atoms with van der Waals surface area (Å²) >= 11 is 1.22. The summed E-state index contributed by atoms with van der Waals surface area (Å²) in [6, 6.07) is 20.2. The van der Waals surface area contributed by atoms with E-state index in [0.717, 1.165) is 22.6 Å². The van der Waals surface area contributed by atoms with E-state index >= 15 is 0 Å². The zero-order valence-electron chi connectivity index (χ0n) is 23.3. The number of nitrogens with zero attached hydrogens (tertiary/aromatic N) is 5. The van der Waals surface area contributed by atoms with E-state index in [1.807, 2.05) is 24.3 Å². The van der Waals surface area contributed by atoms with Crippen LogP contribution < -0.4 is 14.8 Å². The van der Waals surface area contributed by atoms with E-state index in [4.69, 9.17) is 9.47 Å². The molecule has 5 rings (SSSR count). The highest BCUT2D eigenvalue weighted by Crippen LogP contribution is 2.34. The fourth-order valence-corrected chi connectivity index (χ4v) is 5.33. The second kappa shape index (κ2) is 12.9. The third kappa shape index (κ3) is 6.28. The molecule has 0 saturated carbocycles. The lowest BCUT2D eigenvalue weighted by molar-refractivity contribution is -0.130. The Hall–Kier alpha value is -4.71. The van der Waals surface area contributed by atoms with Gasteiger partial charge in [0.2, 0.25) is 0 Å². The number of benzene rings is 3. The predicted molar refractivity (Wildman–Crippen MR) is 156 cm³/mol. The molecular weight excluding hydrogens is 559 g/mol. The lowest BCUT2D eigenvalue weighted by Crippen LogP contribution is -2.28. The first kappa shape index (κ1) is 28.8. The molecule has 0 bridgehead atoms. The lowest BCUT2D eigenvalue weighted by atomic mass is 9.98. The van der Waals surface area contributed by atoms with Crippen molar-refractivity contribution < 1.29 is 23.5 Å². The van der Waals surface area contributed by atoms with Crippen molar-refractivity contribution in [1.82, 2.24) is 25.1 Å². The Kier molecular flexibility index (Phi) is 8.82. The van der Waals surface area contributed by atoms with Crippen LogP contribution in [0.1, 0.15) is 39.8 Å². The van der Waals surface area contributed by atoms with Crippen LogP contribution in [0, 0.1) is 5.82 Å². The fraction of sp³-hybridized carbons (Fsp3) is 0.233. The minimum absolute atomic E-state index is 0.0522. The molecule has 0 saturated heterocycles. The Bertz CT molecular complexity index is 1610. The molecule has 0 fully saturated rings. The Morgan fingerprint density at radius 1 is 1.00 bits per heavy atom. The molecule has 4 aromatic rings. The third-order valence-corrected chi connectivity index (χ3v) is 7.86. The zero-order chi connectivity index (χ0) is 29.6. The summed E-state index contributed by atoms with van der Waals surface area (Å²) in [7, 11) is 4.88. The van der Waals surface area contributed by atoms with Crippen molar-refractivity contribution in [2.75, 3.05) is 20.0 Å². The van der Waals surface area contributed by atoms with Crippen molar-refractivity contribution in [3.05, 3.63) is 101 Å². The molecule has 1 aliphatic rings. The van der Waals surface area contributed by atoms with Gasteiger partial charge in [0.05, 0.1) is 43.8 Å². The molecular formula is C30H29FN6O4S. The van der Waals surface area contributed by atoms with Crippen LogP contribution in [-0.4, -0.2) is 57.3 Å². The van der Waals surface area contributed by atoms with Crippen molar-refractivity contribution in [3.63, 3.8) is 0 Å². The van der Waals surface area contributed by atoms with Gasteiger partial charge in [-0.3, -0.25) is 9.59 Å². The Morgan fingerprint density at radius 3 is 2.45 bits per heavy atom. The van der Waals surface area contributed by atoms with Crippen molar-refractivity contribution in [2.45, 2.75) is 24.2 Å². The van der Waals surface area contributed by atoms with Crippen LogP contribution in [0.15, 0.2) is 83.1 Å². The molecule has 10 nitrogen and oxygen atoms in total. The molecule has 2 amide bonds. The van der Waals surface area contributed by atoms with Gasteiger partial charge in [0.1, 0.15) is 17.3 Å². The number of methoxy groups -OCH3 is 2. The monoisotopic (exact) mass is 588 g/mol. The van der Waals surface area contributed by atoms with Gasteiger partial charge in [0.25, 0.3) is 11.8 Å². The number of hydrogen-bond acceptors (Lipinski definition) is 8. The SMILES string of the molecule is COc1ccc(C2=NN(C(=O)CSc3nnc(CNC(=O)c4ccccc4OC)n3C)C(c3ccc(F)cc3)C2)cc1. The number of hydrazone groups is 1. The van der Waals surface area contributed by atoms with Gasteiger partial charge in [0, 0.05) is 13.5 Å². The summed E-state index contributed by atoms with van der Waals surface area (Å²) in [5.41, 5.74) is 2.82. The largest absolute Gasteiger partial charge is 0.497 e. The van der Waals surface area contributed by atoms with E-state index in [1.165, 1.54) is 36.0 Å². The molecule has 42 heavy (non-hydrogen) atoms. The van der Waals surface area contributed by atoms with Crippen LogP contribution in [-0.2, 0) is 18.4 Å². The van der Waals surface area contributed by atoms with Crippen LogP contribution >= 0.6 is 11.8 Å². The van der Waals surface area contributed by atoms with E-state index in [9.17, 15) is 14.0 Å². The first-order valence-corrected chi connectivity index (χ1v) is 14.1. The van der Waals surface area contributed by atoms with Gasteiger partial charge in [-0.1, -0.05) is 36.0 Å². The molecule has 1 aromatic heterocycles. The summed E-state index contributed by atoms with van der Waals surface area (Å²) in [4.78, 5) is 26.1. The highest BCUT2D eigenvalue weighted by Gasteiger charge is 2.33. The molecule has 1 atom stereocenters. The third-order valence-electron chi connectivity index (χ3n) is 6.85. The molecule has 0 aliphatic carbocycles. The van der Waals surface area contributed by atoms with Crippen molar-refractivity contribution in [2.24, 2.45) is 12.1 Å². The average molecular weight is 589 g/mol. The topological polar surface area (TPSA) is 111 Å². The van der Waals surface area contributed by atoms with E-state index in [-0.39, 0.29) is 36.0 Å². The summed E-state index contributed by atoms with van der Waals surface area (Å²) < 4.78 is 25.9. The summed E-state index contributed by atoms with van der Waals surface area (Å²) in [6.07, 6.45) is 0.481. The minimum Gasteiger partial charge on any atom is -0.497 e. The summed E-state index contributed by atoms with van der Waals surface area (Å²) in [5, 5.41) is 17.9. The van der Waals surface area contributed by atoms with E-state index in [0.29, 0.717) is 28.7 Å². The van der Waals surface area contributed by atoms with Crippen LogP contribution in [0.4, 0.5) is 4.39 Å². The Labute approximate surface area is 246 Å². The van der Waals surface area contributed by atoms with Gasteiger partial charge in [-0.25, -0.2) is 9.40 Å². The molecule has 1 N–H and O–H groups in total. The fourth-order valence-electron chi connectivity index (χ4n) is 4.55. The van der Waals surface area contributed by atoms with E-state index in [1.54, 1.807) is 55.1 Å². The number of amides is 2. The Balaban J connectivity index is 1.27. The second-order valence-electron chi connectivity index (χ2n) is 9.41. The van der Waals surface area contributed by atoms with Gasteiger partial charge in [-0.2, -0.15) is 5.10 Å². The molecule has 0 spiro atoms. The maximum absolute atomic E-state index is 13.6. The van der Waals surface area contributed by atoms with Gasteiger partial charge >= 0.3 is 0 Å². The summed E-state index contributed by atoms with van der Waals surface area (Å²) in [6.45, 7) is 0.142. The first-order valence-electron chi connectivity index (χ1n) is 13.1. The van der Waals surface area contributed by atoms with Crippen molar-refractivity contribution in [3.8, 4) is 11.5 Å². The number of nitrogens with one attached hydrogen (secondary N) is 1. The number of ether oxygens (including phenoxy) is 2. The number of carbonyl (C=O) groups excluding carboxylic acids is 2. The number of thioether (sulfide) groups is 1. The highest BCUT2D eigenvalue weighted by atomic mass is 32.2. The second-order valence-corrected chi connectivity index (χ2v) is 10.4. The van der Waals surface area contributed by atoms with E-state index in [2.05, 4.69) is 20.6 Å². The molecule has 2 heterocycles. The average Bonchev–Trinajstić information content (AvgIpc) is 3.63. The molecule has 216 valence electrons. The number of rotatable bonds is 10. The highest BCUT2D eigenvalue weighted by molar-refractivity contribution is 7.99. The van der Waals surface area contributed by atoms with Crippen molar-refractivity contribution >= 4 is 29.3 Å². The van der Waals surface area contributed by atoms with Gasteiger partial charge in [-0.15, -0.1) is 10.2 Å². The van der Waals surface area contributed by atoms with Gasteiger partial charge in [0.15, 0.2) is 11.0 Å². The lowest BCUT2D eigenvalue weighted by Gasteiger charge is -2.22. The molecule has 3 aromatic carbocycles. The number of halogens is 1. The molecule has 0 radical (unpaired) electrons. The normalized spacial score (nSPS) is 14.4. The number of para-hydroxylation sites is 1. The molecule has 12 heteroatoms. The van der Waals surface area contributed by atoms with E-state index < -0.39 is 0 Å². The van der Waals surface area contributed by atoms with Gasteiger partial charge in [-0.05, 0) is 59.7 Å². The summed E-state index contributed by atoms with van der Waals surface area (Å²) in [5.74, 6) is 0.895. The van der Waals surface area contributed by atoms with Gasteiger partial charge < -0.3 is 19.4 Å². The predicted octanol–water partition coefficient (Wildman–Crippen LogP) is 4.37. The number of aromatic nitrogens is 3. The standard InChI is InChI=1S/C30H29FN6O4S/c1-36-27(17-32-29(39)23-6-4-5-7-26(23)41-3)33-34-30(36)42-18-28(38)37-25(20-8-12-21(31)13-9-20)16-24(35-37)19-10-14-22(40-2)15-11-19/h4-15,25H,16-18H2,1-3H3,(H,32,39). The Morgan fingerprint density at radius 2 is 1.74 bits per heavy atom.